The molecule has 1 aromatic rings. The first-order valence-corrected chi connectivity index (χ1v) is 6.68. The Hall–Kier alpha value is -1.92. The molecule has 0 radical (unpaired) electrons. The normalized spacial score (nSPS) is 19.8. The monoisotopic (exact) mass is 295 g/mol. The van der Waals surface area contributed by atoms with E-state index in [1.54, 1.807) is 6.07 Å². The van der Waals surface area contributed by atoms with Crippen LogP contribution in [-0.4, -0.2) is 55.4 Å². The number of carboxylic acid groups (broad SMARTS) is 1. The Kier molecular flexibility index (Phi) is 5.30. The third-order valence-corrected chi connectivity index (χ3v) is 3.16. The summed E-state index contributed by atoms with van der Waals surface area (Å²) in [5.74, 6) is -1.57. The van der Waals surface area contributed by atoms with Crippen molar-refractivity contribution in [2.75, 3.05) is 33.4 Å². The second-order valence-corrected chi connectivity index (χ2v) is 4.90. The van der Waals surface area contributed by atoms with Crippen molar-refractivity contribution in [3.05, 3.63) is 35.7 Å². The molecule has 0 aromatic heterocycles. The van der Waals surface area contributed by atoms with Crippen LogP contribution in [0.3, 0.4) is 0 Å². The minimum atomic E-state index is -1.09. The summed E-state index contributed by atoms with van der Waals surface area (Å²) in [5.41, 5.74) is 0.390. The zero-order valence-electron chi connectivity index (χ0n) is 11.8. The van der Waals surface area contributed by atoms with E-state index < -0.39 is 11.8 Å². The summed E-state index contributed by atoms with van der Waals surface area (Å²) in [4.78, 5) is 12.7. The van der Waals surface area contributed by atoms with Crippen LogP contribution in [-0.2, 0) is 9.53 Å². The number of para-hydroxylation sites is 1. The SMILES string of the molecule is CN1CCOC(COc2c(F)cccc2/C=C/C(=O)O)C1. The number of ether oxygens (including phenoxy) is 2. The fourth-order valence-electron chi connectivity index (χ4n) is 2.11. The molecule has 1 atom stereocenters. The van der Waals surface area contributed by atoms with Gasteiger partial charge in [0.05, 0.1) is 6.61 Å². The van der Waals surface area contributed by atoms with E-state index in [4.69, 9.17) is 14.6 Å². The van der Waals surface area contributed by atoms with Crippen LogP contribution in [0.5, 0.6) is 5.75 Å². The van der Waals surface area contributed by atoms with Gasteiger partial charge < -0.3 is 19.5 Å². The lowest BCUT2D eigenvalue weighted by atomic mass is 10.1. The van der Waals surface area contributed by atoms with E-state index in [0.717, 1.165) is 19.2 Å². The third kappa shape index (κ3) is 4.54. The molecule has 0 amide bonds. The fourth-order valence-corrected chi connectivity index (χ4v) is 2.11. The first kappa shape index (κ1) is 15.5. The highest BCUT2D eigenvalue weighted by Gasteiger charge is 2.19. The Morgan fingerprint density at radius 1 is 1.62 bits per heavy atom. The molecule has 0 spiro atoms. The van der Waals surface area contributed by atoms with Gasteiger partial charge in [0.25, 0.3) is 0 Å². The van der Waals surface area contributed by atoms with Crippen LogP contribution >= 0.6 is 0 Å². The molecule has 1 heterocycles. The highest BCUT2D eigenvalue weighted by molar-refractivity contribution is 5.85. The van der Waals surface area contributed by atoms with Crippen molar-refractivity contribution in [2.45, 2.75) is 6.10 Å². The van der Waals surface area contributed by atoms with Crippen molar-refractivity contribution in [3.63, 3.8) is 0 Å². The number of likely N-dealkylation sites (N-methyl/N-ethyl adjacent to an activating group) is 1. The largest absolute Gasteiger partial charge is 0.487 e. The van der Waals surface area contributed by atoms with Gasteiger partial charge in [-0.15, -0.1) is 0 Å². The highest BCUT2D eigenvalue weighted by atomic mass is 19.1. The van der Waals surface area contributed by atoms with E-state index in [1.807, 2.05) is 7.05 Å². The Morgan fingerprint density at radius 2 is 2.43 bits per heavy atom. The summed E-state index contributed by atoms with van der Waals surface area (Å²) in [6.07, 6.45) is 2.14. The van der Waals surface area contributed by atoms with Gasteiger partial charge in [-0.3, -0.25) is 0 Å². The maximum atomic E-state index is 13.8. The van der Waals surface area contributed by atoms with Gasteiger partial charge in [-0.25, -0.2) is 9.18 Å². The molecule has 0 bridgehead atoms. The van der Waals surface area contributed by atoms with Crippen LogP contribution in [0.15, 0.2) is 24.3 Å². The molecule has 114 valence electrons. The van der Waals surface area contributed by atoms with E-state index in [9.17, 15) is 9.18 Å². The average Bonchev–Trinajstić information content (AvgIpc) is 2.44. The fraction of sp³-hybridized carbons (Fsp3) is 0.400. The zero-order valence-corrected chi connectivity index (χ0v) is 11.8. The van der Waals surface area contributed by atoms with E-state index >= 15 is 0 Å². The summed E-state index contributed by atoms with van der Waals surface area (Å²) in [5, 5.41) is 8.65. The van der Waals surface area contributed by atoms with Crippen LogP contribution in [0.1, 0.15) is 5.56 Å². The Balaban J connectivity index is 2.06. The Bertz CT molecular complexity index is 532. The standard InChI is InChI=1S/C15H18FNO4/c1-17-7-8-20-12(9-17)10-21-15-11(5-6-14(18)19)3-2-4-13(15)16/h2-6,12H,7-10H2,1H3,(H,18,19)/b6-5+. The van der Waals surface area contributed by atoms with Crippen molar-refractivity contribution in [3.8, 4) is 5.75 Å². The zero-order chi connectivity index (χ0) is 15.2. The second-order valence-electron chi connectivity index (χ2n) is 4.90. The number of benzene rings is 1. The average molecular weight is 295 g/mol. The summed E-state index contributed by atoms with van der Waals surface area (Å²) in [6, 6.07) is 4.39. The molecule has 0 aliphatic carbocycles. The van der Waals surface area contributed by atoms with Gasteiger partial charge >= 0.3 is 5.97 Å². The first-order valence-electron chi connectivity index (χ1n) is 6.68. The smallest absolute Gasteiger partial charge is 0.328 e. The molecule has 21 heavy (non-hydrogen) atoms. The van der Waals surface area contributed by atoms with Crippen molar-refractivity contribution >= 4 is 12.0 Å². The van der Waals surface area contributed by atoms with E-state index in [0.29, 0.717) is 12.2 Å². The Morgan fingerprint density at radius 3 is 3.14 bits per heavy atom. The maximum absolute atomic E-state index is 13.8. The van der Waals surface area contributed by atoms with E-state index in [1.165, 1.54) is 18.2 Å². The topological polar surface area (TPSA) is 59.0 Å². The van der Waals surface area contributed by atoms with Crippen molar-refractivity contribution in [1.29, 1.82) is 0 Å². The molecule has 1 N–H and O–H groups in total. The van der Waals surface area contributed by atoms with Gasteiger partial charge in [0.2, 0.25) is 0 Å². The summed E-state index contributed by atoms with van der Waals surface area (Å²) < 4.78 is 24.9. The number of carbonyl (C=O) groups is 1. The number of carboxylic acids is 1. The molecule has 6 heteroatoms. The highest BCUT2D eigenvalue weighted by Crippen LogP contribution is 2.24. The number of hydrogen-bond donors (Lipinski definition) is 1. The lowest BCUT2D eigenvalue weighted by molar-refractivity contribution is -0.131. The molecule has 1 aliphatic heterocycles. The van der Waals surface area contributed by atoms with Crippen LogP contribution in [0, 0.1) is 5.82 Å². The lowest BCUT2D eigenvalue weighted by Gasteiger charge is -2.30. The minimum Gasteiger partial charge on any atom is -0.487 e. The number of aliphatic carboxylic acids is 1. The van der Waals surface area contributed by atoms with Gasteiger partial charge in [0.1, 0.15) is 12.7 Å². The molecular weight excluding hydrogens is 277 g/mol. The third-order valence-electron chi connectivity index (χ3n) is 3.16. The van der Waals surface area contributed by atoms with Crippen LogP contribution in [0.2, 0.25) is 0 Å². The predicted octanol–water partition coefficient (Wildman–Crippen LogP) is 1.63. The van der Waals surface area contributed by atoms with Gasteiger partial charge in [-0.2, -0.15) is 0 Å². The van der Waals surface area contributed by atoms with Crippen molar-refractivity contribution in [2.24, 2.45) is 0 Å². The molecule has 0 saturated carbocycles. The summed E-state index contributed by atoms with van der Waals surface area (Å²) in [7, 11) is 1.99. The number of halogens is 1. The van der Waals surface area contributed by atoms with Gasteiger partial charge in [-0.1, -0.05) is 12.1 Å². The number of hydrogen-bond acceptors (Lipinski definition) is 4. The van der Waals surface area contributed by atoms with Crippen molar-refractivity contribution in [1.82, 2.24) is 4.90 Å². The summed E-state index contributed by atoms with van der Waals surface area (Å²) in [6.45, 7) is 2.42. The number of morpholine rings is 1. The lowest BCUT2D eigenvalue weighted by Crippen LogP contribution is -2.42. The first-order chi connectivity index (χ1) is 10.1. The molecule has 1 unspecified atom stereocenters. The van der Waals surface area contributed by atoms with E-state index in [-0.39, 0.29) is 18.5 Å². The van der Waals surface area contributed by atoms with Crippen LogP contribution < -0.4 is 4.74 Å². The van der Waals surface area contributed by atoms with Crippen LogP contribution in [0.4, 0.5) is 4.39 Å². The minimum absolute atomic E-state index is 0.0480. The maximum Gasteiger partial charge on any atom is 0.328 e. The molecule has 1 fully saturated rings. The Labute approximate surface area is 122 Å². The van der Waals surface area contributed by atoms with Gasteiger partial charge in [0, 0.05) is 24.7 Å². The van der Waals surface area contributed by atoms with E-state index in [2.05, 4.69) is 4.90 Å². The van der Waals surface area contributed by atoms with Gasteiger partial charge in [-0.05, 0) is 19.2 Å². The van der Waals surface area contributed by atoms with Gasteiger partial charge in [0.15, 0.2) is 11.6 Å². The molecular formula is C15H18FNO4. The quantitative estimate of drug-likeness (QED) is 0.837. The molecule has 1 aliphatic rings. The van der Waals surface area contributed by atoms with Crippen LogP contribution in [0.25, 0.3) is 6.08 Å². The number of nitrogens with zero attached hydrogens (tertiary/aromatic N) is 1. The second kappa shape index (κ2) is 7.19. The molecule has 1 saturated heterocycles. The predicted molar refractivity (Wildman–Crippen MR) is 75.8 cm³/mol. The summed E-state index contributed by atoms with van der Waals surface area (Å²) >= 11 is 0. The van der Waals surface area contributed by atoms with Crippen molar-refractivity contribution < 1.29 is 23.8 Å². The molecule has 5 nitrogen and oxygen atoms in total. The number of rotatable bonds is 5. The molecule has 2 rings (SSSR count). The molecule has 1 aromatic carbocycles.